The number of amides is 1. The lowest BCUT2D eigenvalue weighted by Gasteiger charge is -2.23. The van der Waals surface area contributed by atoms with Crippen LogP contribution in [-0.4, -0.2) is 48.5 Å². The highest BCUT2D eigenvalue weighted by molar-refractivity contribution is 7.22. The van der Waals surface area contributed by atoms with Crippen molar-refractivity contribution in [1.82, 2.24) is 9.88 Å². The van der Waals surface area contributed by atoms with Crippen LogP contribution in [0.3, 0.4) is 0 Å². The third-order valence-corrected chi connectivity index (χ3v) is 8.00. The average molecular weight is 503 g/mol. The maximum absolute atomic E-state index is 13.2. The highest BCUT2D eigenvalue weighted by Crippen LogP contribution is 2.32. The molecule has 1 N–H and O–H groups in total. The van der Waals surface area contributed by atoms with Crippen LogP contribution in [0.25, 0.3) is 21.3 Å². The Balaban J connectivity index is 1.23. The molecule has 36 heavy (non-hydrogen) atoms. The lowest BCUT2D eigenvalue weighted by Crippen LogP contribution is -2.31. The van der Waals surface area contributed by atoms with Gasteiger partial charge >= 0.3 is 0 Å². The van der Waals surface area contributed by atoms with Crippen LogP contribution in [0.1, 0.15) is 30.6 Å². The second-order valence-corrected chi connectivity index (χ2v) is 10.9. The summed E-state index contributed by atoms with van der Waals surface area (Å²) in [7, 11) is 2.12. The van der Waals surface area contributed by atoms with Gasteiger partial charge in [-0.1, -0.05) is 35.6 Å². The number of nitrogens with zero attached hydrogens (tertiary/aromatic N) is 3. The van der Waals surface area contributed by atoms with Crippen molar-refractivity contribution in [3.05, 3.63) is 78.1 Å². The third-order valence-electron chi connectivity index (χ3n) is 6.87. The van der Waals surface area contributed by atoms with Crippen molar-refractivity contribution in [1.29, 1.82) is 0 Å². The zero-order chi connectivity index (χ0) is 25.2. The largest absolute Gasteiger partial charge is 0.351 e. The molecule has 4 aromatic rings. The van der Waals surface area contributed by atoms with Crippen LogP contribution in [-0.2, 0) is 0 Å². The van der Waals surface area contributed by atoms with Gasteiger partial charge in [-0.05, 0) is 86.3 Å². The van der Waals surface area contributed by atoms with Gasteiger partial charge in [0, 0.05) is 37.4 Å². The van der Waals surface area contributed by atoms with Crippen molar-refractivity contribution in [2.75, 3.05) is 36.9 Å². The second kappa shape index (κ2) is 10.4. The van der Waals surface area contributed by atoms with E-state index >= 15 is 0 Å². The van der Waals surface area contributed by atoms with E-state index in [2.05, 4.69) is 36.0 Å². The summed E-state index contributed by atoms with van der Waals surface area (Å²) in [5, 5.41) is 4.01. The number of carbonyl (C=O) groups excluding carboxylic acids is 1. The minimum Gasteiger partial charge on any atom is -0.351 e. The topological polar surface area (TPSA) is 48.5 Å². The zero-order valence-electron chi connectivity index (χ0n) is 20.9. The molecule has 0 aliphatic carbocycles. The quantitative estimate of drug-likeness (QED) is 0.313. The van der Waals surface area contributed by atoms with Crippen molar-refractivity contribution in [2.45, 2.75) is 26.3 Å². The molecule has 0 bridgehead atoms. The van der Waals surface area contributed by atoms with Crippen LogP contribution in [0, 0.1) is 11.7 Å². The average Bonchev–Trinajstić information content (AvgIpc) is 3.52. The highest BCUT2D eigenvalue weighted by atomic mass is 32.1. The highest BCUT2D eigenvalue weighted by Gasteiger charge is 2.25. The van der Waals surface area contributed by atoms with E-state index < -0.39 is 0 Å². The van der Waals surface area contributed by atoms with Crippen molar-refractivity contribution in [2.24, 2.45) is 5.92 Å². The van der Waals surface area contributed by atoms with Crippen LogP contribution in [0.5, 0.6) is 0 Å². The van der Waals surface area contributed by atoms with Crippen molar-refractivity contribution < 1.29 is 9.18 Å². The van der Waals surface area contributed by atoms with E-state index in [4.69, 9.17) is 4.98 Å². The summed E-state index contributed by atoms with van der Waals surface area (Å²) < 4.78 is 14.2. The van der Waals surface area contributed by atoms with Crippen LogP contribution in [0.2, 0.25) is 0 Å². The number of benzene rings is 3. The first-order valence-corrected chi connectivity index (χ1v) is 13.2. The molecule has 0 spiro atoms. The summed E-state index contributed by atoms with van der Waals surface area (Å²) in [5.41, 5.74) is 4.10. The fourth-order valence-corrected chi connectivity index (χ4v) is 5.73. The number of likely N-dealkylation sites (tertiary alicyclic amines) is 1. The van der Waals surface area contributed by atoms with Gasteiger partial charge in [-0.25, -0.2) is 9.37 Å². The van der Waals surface area contributed by atoms with Crippen LogP contribution in [0.15, 0.2) is 66.7 Å². The predicted octanol–water partition coefficient (Wildman–Crippen LogP) is 6.52. The first-order chi connectivity index (χ1) is 17.4. The number of anilines is 2. The molecule has 0 saturated carbocycles. The van der Waals surface area contributed by atoms with Crippen molar-refractivity contribution in [3.63, 3.8) is 0 Å². The standard InChI is InChI=1S/C29H31FN4OS/c1-19(2)34-15-14-20(18-34)17-33(3)29-32-26-13-12-25(16-27(26)36-29)31-28(35)23-6-4-21(5-7-23)22-8-10-24(30)11-9-22/h4-13,16,19-20H,14-15,17-18H2,1-3H3,(H,31,35). The smallest absolute Gasteiger partial charge is 0.255 e. The van der Waals surface area contributed by atoms with Gasteiger partial charge in [0.15, 0.2) is 5.13 Å². The van der Waals surface area contributed by atoms with Crippen molar-refractivity contribution in [3.8, 4) is 11.1 Å². The zero-order valence-corrected chi connectivity index (χ0v) is 21.7. The molecule has 1 unspecified atom stereocenters. The van der Waals surface area contributed by atoms with E-state index in [1.54, 1.807) is 35.6 Å². The maximum Gasteiger partial charge on any atom is 0.255 e. The number of hydrogen-bond acceptors (Lipinski definition) is 5. The minimum atomic E-state index is -0.266. The van der Waals surface area contributed by atoms with E-state index in [1.165, 1.54) is 25.1 Å². The Kier molecular flexibility index (Phi) is 7.03. The summed E-state index contributed by atoms with van der Waals surface area (Å²) in [6, 6.07) is 20.1. The van der Waals surface area contributed by atoms with Gasteiger partial charge < -0.3 is 15.1 Å². The summed E-state index contributed by atoms with van der Waals surface area (Å²) >= 11 is 1.66. The Morgan fingerprint density at radius 2 is 1.81 bits per heavy atom. The molecule has 1 aliphatic heterocycles. The summed E-state index contributed by atoms with van der Waals surface area (Å²) in [6.07, 6.45) is 1.23. The van der Waals surface area contributed by atoms with Gasteiger partial charge in [-0.15, -0.1) is 0 Å². The second-order valence-electron chi connectivity index (χ2n) is 9.84. The van der Waals surface area contributed by atoms with Gasteiger partial charge in [-0.2, -0.15) is 0 Å². The molecule has 1 amide bonds. The van der Waals surface area contributed by atoms with Gasteiger partial charge in [0.05, 0.1) is 10.2 Å². The molecule has 3 aromatic carbocycles. The SMILES string of the molecule is CC(C)N1CCC(CN(C)c2nc3ccc(NC(=O)c4ccc(-c5ccc(F)cc5)cc4)cc3s2)C1. The van der Waals surface area contributed by atoms with Gasteiger partial charge in [-0.3, -0.25) is 4.79 Å². The molecule has 1 atom stereocenters. The van der Waals surface area contributed by atoms with E-state index in [9.17, 15) is 9.18 Å². The predicted molar refractivity (Wildman–Crippen MR) is 147 cm³/mol. The normalized spacial score (nSPS) is 16.1. The van der Waals surface area contributed by atoms with E-state index in [-0.39, 0.29) is 11.7 Å². The molecule has 186 valence electrons. The number of fused-ring (bicyclic) bond motifs is 1. The summed E-state index contributed by atoms with van der Waals surface area (Å²) in [6.45, 7) is 7.85. The van der Waals surface area contributed by atoms with E-state index in [1.807, 2.05) is 30.3 Å². The molecule has 5 nitrogen and oxygen atoms in total. The Morgan fingerprint density at radius 1 is 1.11 bits per heavy atom. The number of halogens is 1. The van der Waals surface area contributed by atoms with Crippen LogP contribution < -0.4 is 10.2 Å². The molecule has 1 aromatic heterocycles. The Bertz CT molecular complexity index is 1350. The van der Waals surface area contributed by atoms with E-state index in [0.29, 0.717) is 17.5 Å². The first-order valence-electron chi connectivity index (χ1n) is 12.4. The third kappa shape index (κ3) is 5.42. The van der Waals surface area contributed by atoms with Gasteiger partial charge in [0.2, 0.25) is 0 Å². The fourth-order valence-electron chi connectivity index (χ4n) is 4.76. The minimum absolute atomic E-state index is 0.169. The maximum atomic E-state index is 13.2. The molecule has 2 heterocycles. The summed E-state index contributed by atoms with van der Waals surface area (Å²) in [4.78, 5) is 22.5. The number of rotatable bonds is 7. The lowest BCUT2D eigenvalue weighted by molar-refractivity contribution is 0.102. The molecular formula is C29H31FN4OS. The Hall–Kier alpha value is -3.29. The first kappa shape index (κ1) is 24.4. The Labute approximate surface area is 215 Å². The number of carbonyl (C=O) groups is 1. The monoisotopic (exact) mass is 502 g/mol. The number of thiazole rings is 1. The molecule has 0 radical (unpaired) electrons. The Morgan fingerprint density at radius 3 is 2.47 bits per heavy atom. The molecule has 7 heteroatoms. The van der Waals surface area contributed by atoms with Gasteiger partial charge in [0.25, 0.3) is 5.91 Å². The summed E-state index contributed by atoms with van der Waals surface area (Å²) in [5.74, 6) is 0.227. The molecule has 1 saturated heterocycles. The molecule has 1 aliphatic rings. The molecular weight excluding hydrogens is 471 g/mol. The van der Waals surface area contributed by atoms with Crippen LogP contribution >= 0.6 is 11.3 Å². The number of aromatic nitrogens is 1. The van der Waals surface area contributed by atoms with Gasteiger partial charge in [0.1, 0.15) is 5.82 Å². The fraction of sp³-hybridized carbons (Fsp3) is 0.310. The molecule has 5 rings (SSSR count). The number of nitrogens with one attached hydrogen (secondary N) is 1. The van der Waals surface area contributed by atoms with Crippen LogP contribution in [0.4, 0.5) is 15.2 Å². The molecule has 1 fully saturated rings. The van der Waals surface area contributed by atoms with E-state index in [0.717, 1.165) is 45.3 Å². The lowest BCUT2D eigenvalue weighted by atomic mass is 10.0. The van der Waals surface area contributed by atoms with Crippen molar-refractivity contribution >= 4 is 38.3 Å². The number of hydrogen-bond donors (Lipinski definition) is 1.